The Morgan fingerprint density at radius 3 is 2.21 bits per heavy atom. The molecule has 0 aromatic heterocycles. The first kappa shape index (κ1) is 15.7. The molecule has 1 rings (SSSR count). The van der Waals surface area contributed by atoms with Gasteiger partial charge in [0.25, 0.3) is 0 Å². The number of nitrogens with one attached hydrogen (secondary N) is 1. The number of halogens is 1. The van der Waals surface area contributed by atoms with Gasteiger partial charge in [-0.25, -0.2) is 12.8 Å². The van der Waals surface area contributed by atoms with Crippen LogP contribution in [0, 0.1) is 5.82 Å². The fourth-order valence-corrected chi connectivity index (χ4v) is 2.72. The van der Waals surface area contributed by atoms with E-state index in [1.54, 1.807) is 7.05 Å². The van der Waals surface area contributed by atoms with E-state index in [9.17, 15) is 12.8 Å². The predicted octanol–water partition coefficient (Wildman–Crippen LogP) is 1.15. The highest BCUT2D eigenvalue weighted by molar-refractivity contribution is 7.90. The highest BCUT2D eigenvalue weighted by Gasteiger charge is 2.21. The van der Waals surface area contributed by atoms with E-state index in [0.29, 0.717) is 5.75 Å². The molecule has 1 atom stereocenters. The molecule has 0 radical (unpaired) electrons. The predicted molar refractivity (Wildman–Crippen MR) is 71.0 cm³/mol. The van der Waals surface area contributed by atoms with Crippen molar-refractivity contribution >= 4 is 9.84 Å². The molecule has 0 amide bonds. The number of sulfone groups is 1. The van der Waals surface area contributed by atoms with Crippen LogP contribution in [0.5, 0.6) is 11.5 Å². The fourth-order valence-electron chi connectivity index (χ4n) is 1.77. The maximum absolute atomic E-state index is 14.0. The minimum absolute atomic E-state index is 0.199. The topological polar surface area (TPSA) is 64.6 Å². The molecule has 0 heterocycles. The summed E-state index contributed by atoms with van der Waals surface area (Å²) in [6.07, 6.45) is 1.11. The average molecular weight is 291 g/mol. The molecule has 0 aliphatic heterocycles. The third-order valence-electron chi connectivity index (χ3n) is 2.70. The first-order chi connectivity index (χ1) is 8.82. The Hall–Kier alpha value is -1.34. The first-order valence-corrected chi connectivity index (χ1v) is 7.64. The van der Waals surface area contributed by atoms with Crippen molar-refractivity contribution in [2.75, 3.05) is 33.3 Å². The number of hydrogen-bond donors (Lipinski definition) is 1. The van der Waals surface area contributed by atoms with E-state index >= 15 is 0 Å². The van der Waals surface area contributed by atoms with Crippen LogP contribution in [0.4, 0.5) is 4.39 Å². The Morgan fingerprint density at radius 2 is 1.79 bits per heavy atom. The third-order valence-corrected chi connectivity index (χ3v) is 3.63. The van der Waals surface area contributed by atoms with Gasteiger partial charge in [0.2, 0.25) is 0 Å². The van der Waals surface area contributed by atoms with Crippen LogP contribution < -0.4 is 14.8 Å². The van der Waals surface area contributed by atoms with Gasteiger partial charge in [-0.1, -0.05) is 0 Å². The molecular formula is C12H18FNO4S. The molecule has 1 N–H and O–H groups in total. The van der Waals surface area contributed by atoms with Crippen LogP contribution in [0.25, 0.3) is 0 Å². The molecule has 1 aromatic rings. The van der Waals surface area contributed by atoms with E-state index in [4.69, 9.17) is 9.47 Å². The Morgan fingerprint density at radius 1 is 1.26 bits per heavy atom. The van der Waals surface area contributed by atoms with Crippen molar-refractivity contribution in [3.05, 3.63) is 23.5 Å². The van der Waals surface area contributed by atoms with Crippen molar-refractivity contribution in [3.63, 3.8) is 0 Å². The van der Waals surface area contributed by atoms with Gasteiger partial charge >= 0.3 is 0 Å². The zero-order valence-electron chi connectivity index (χ0n) is 11.4. The van der Waals surface area contributed by atoms with Crippen molar-refractivity contribution < 1.29 is 22.3 Å². The molecule has 0 spiro atoms. The summed E-state index contributed by atoms with van der Waals surface area (Å²) >= 11 is 0. The Kier molecular flexibility index (Phi) is 5.13. The van der Waals surface area contributed by atoms with Crippen LogP contribution in [-0.2, 0) is 9.84 Å². The quantitative estimate of drug-likeness (QED) is 0.851. The summed E-state index contributed by atoms with van der Waals surface area (Å²) in [7, 11) is 1.18. The standard InChI is InChI=1S/C12H18FNO4S/c1-14-10(7-19(4,15)16)8-5-11(17-2)12(18-3)6-9(8)13/h5-6,10,14H,7H2,1-4H3. The Balaban J connectivity index is 3.24. The second-order valence-electron chi connectivity index (χ2n) is 4.16. The number of rotatable bonds is 6. The van der Waals surface area contributed by atoms with Gasteiger partial charge < -0.3 is 14.8 Å². The van der Waals surface area contributed by atoms with E-state index < -0.39 is 21.7 Å². The SMILES string of the molecule is CNC(CS(C)(=O)=O)c1cc(OC)c(OC)cc1F. The zero-order valence-corrected chi connectivity index (χ0v) is 12.2. The summed E-state index contributed by atoms with van der Waals surface area (Å²) < 4.78 is 46.8. The lowest BCUT2D eigenvalue weighted by molar-refractivity contribution is 0.350. The largest absolute Gasteiger partial charge is 0.493 e. The van der Waals surface area contributed by atoms with Crippen molar-refractivity contribution in [3.8, 4) is 11.5 Å². The van der Waals surface area contributed by atoms with Crippen LogP contribution in [0.1, 0.15) is 11.6 Å². The molecule has 1 unspecified atom stereocenters. The lowest BCUT2D eigenvalue weighted by Crippen LogP contribution is -2.25. The van der Waals surface area contributed by atoms with Gasteiger partial charge in [-0.2, -0.15) is 0 Å². The van der Waals surface area contributed by atoms with Crippen molar-refractivity contribution in [2.24, 2.45) is 0 Å². The fraction of sp³-hybridized carbons (Fsp3) is 0.500. The van der Waals surface area contributed by atoms with E-state index in [0.717, 1.165) is 6.26 Å². The summed E-state index contributed by atoms with van der Waals surface area (Å²) in [5.41, 5.74) is 0.227. The molecule has 0 aliphatic carbocycles. The van der Waals surface area contributed by atoms with Gasteiger partial charge in [-0.05, 0) is 13.1 Å². The smallest absolute Gasteiger partial charge is 0.163 e. The molecule has 0 aliphatic rings. The average Bonchev–Trinajstić information content (AvgIpc) is 2.34. The highest BCUT2D eigenvalue weighted by atomic mass is 32.2. The molecule has 0 bridgehead atoms. The maximum atomic E-state index is 14.0. The minimum atomic E-state index is -3.24. The summed E-state index contributed by atoms with van der Waals surface area (Å²) in [5, 5.41) is 2.79. The highest BCUT2D eigenvalue weighted by Crippen LogP contribution is 2.32. The molecule has 5 nitrogen and oxygen atoms in total. The van der Waals surface area contributed by atoms with Gasteiger partial charge in [0.15, 0.2) is 11.5 Å². The van der Waals surface area contributed by atoms with E-state index in [1.165, 1.54) is 26.4 Å². The molecule has 0 fully saturated rings. The monoisotopic (exact) mass is 291 g/mol. The van der Waals surface area contributed by atoms with Gasteiger partial charge in [0, 0.05) is 23.9 Å². The second-order valence-corrected chi connectivity index (χ2v) is 6.35. The summed E-state index contributed by atoms with van der Waals surface area (Å²) in [5.74, 6) is -0.123. The zero-order chi connectivity index (χ0) is 14.6. The van der Waals surface area contributed by atoms with Crippen LogP contribution in [0.2, 0.25) is 0 Å². The summed E-state index contributed by atoms with van der Waals surface area (Å²) in [6, 6.07) is 1.98. The molecule has 1 aromatic carbocycles. The van der Waals surface area contributed by atoms with Gasteiger partial charge in [-0.3, -0.25) is 0 Å². The van der Waals surface area contributed by atoms with Crippen LogP contribution in [-0.4, -0.2) is 41.7 Å². The van der Waals surface area contributed by atoms with E-state index in [2.05, 4.69) is 5.32 Å². The van der Waals surface area contributed by atoms with Crippen molar-refractivity contribution in [1.29, 1.82) is 0 Å². The lowest BCUT2D eigenvalue weighted by Gasteiger charge is -2.18. The van der Waals surface area contributed by atoms with Crippen LogP contribution in [0.3, 0.4) is 0 Å². The second kappa shape index (κ2) is 6.21. The normalized spacial score (nSPS) is 13.1. The summed E-state index contributed by atoms with van der Waals surface area (Å²) in [4.78, 5) is 0. The number of benzene rings is 1. The molecular weight excluding hydrogens is 273 g/mol. The minimum Gasteiger partial charge on any atom is -0.493 e. The van der Waals surface area contributed by atoms with Crippen LogP contribution >= 0.6 is 0 Å². The maximum Gasteiger partial charge on any atom is 0.163 e. The number of hydrogen-bond acceptors (Lipinski definition) is 5. The number of methoxy groups -OCH3 is 2. The Bertz CT molecular complexity index is 545. The Labute approximate surface area is 112 Å². The first-order valence-electron chi connectivity index (χ1n) is 5.58. The third kappa shape index (κ3) is 4.07. The lowest BCUT2D eigenvalue weighted by atomic mass is 10.1. The molecule has 7 heteroatoms. The molecule has 0 saturated carbocycles. The van der Waals surface area contributed by atoms with Crippen LogP contribution in [0.15, 0.2) is 12.1 Å². The van der Waals surface area contributed by atoms with Crippen molar-refractivity contribution in [2.45, 2.75) is 6.04 Å². The summed E-state index contributed by atoms with van der Waals surface area (Å²) in [6.45, 7) is 0. The van der Waals surface area contributed by atoms with E-state index in [1.807, 2.05) is 0 Å². The molecule has 19 heavy (non-hydrogen) atoms. The number of ether oxygens (including phenoxy) is 2. The van der Waals surface area contributed by atoms with Gasteiger partial charge in [0.1, 0.15) is 15.7 Å². The van der Waals surface area contributed by atoms with Crippen molar-refractivity contribution in [1.82, 2.24) is 5.32 Å². The van der Waals surface area contributed by atoms with Gasteiger partial charge in [0.05, 0.1) is 20.0 Å². The van der Waals surface area contributed by atoms with E-state index in [-0.39, 0.29) is 17.1 Å². The molecule has 0 saturated heterocycles. The van der Waals surface area contributed by atoms with Gasteiger partial charge in [-0.15, -0.1) is 0 Å². The molecule has 108 valence electrons.